The van der Waals surface area contributed by atoms with Crippen LogP contribution in [0.2, 0.25) is 0 Å². The molecule has 2 rings (SSSR count). The predicted molar refractivity (Wildman–Crippen MR) is 51.4 cm³/mol. The number of rotatable bonds is 2. The van der Waals surface area contributed by atoms with Crippen LogP contribution in [-0.4, -0.2) is 29.2 Å². The van der Waals surface area contributed by atoms with E-state index in [0.29, 0.717) is 5.75 Å². The minimum atomic E-state index is -0.345. The predicted octanol–water partition coefficient (Wildman–Crippen LogP) is -0.0993. The van der Waals surface area contributed by atoms with E-state index in [2.05, 4.69) is 15.3 Å². The molecule has 0 radical (unpaired) electrons. The Morgan fingerprint density at radius 3 is 2.86 bits per heavy atom. The maximum atomic E-state index is 10.7. The van der Waals surface area contributed by atoms with Crippen LogP contribution in [0.5, 0.6) is 5.75 Å². The van der Waals surface area contributed by atoms with Crippen LogP contribution in [0.15, 0.2) is 17.2 Å². The first-order valence-electron chi connectivity index (χ1n) is 4.77. The van der Waals surface area contributed by atoms with Crippen molar-refractivity contribution in [2.75, 3.05) is 13.1 Å². The molecule has 0 aliphatic carbocycles. The van der Waals surface area contributed by atoms with Crippen molar-refractivity contribution in [2.45, 2.75) is 18.9 Å². The Bertz CT molecular complexity index is 324. The number of ether oxygens (including phenoxy) is 1. The lowest BCUT2D eigenvalue weighted by molar-refractivity contribution is 0.161. The molecule has 0 bridgehead atoms. The first-order valence-corrected chi connectivity index (χ1v) is 4.77. The smallest absolute Gasteiger partial charge is 0.345 e. The monoisotopic (exact) mass is 195 g/mol. The number of hydrogen-bond acceptors (Lipinski definition) is 4. The molecular weight excluding hydrogens is 182 g/mol. The Morgan fingerprint density at radius 1 is 1.43 bits per heavy atom. The lowest BCUT2D eigenvalue weighted by atomic mass is 10.1. The molecule has 0 spiro atoms. The Hall–Kier alpha value is -1.36. The van der Waals surface area contributed by atoms with E-state index in [4.69, 9.17) is 4.74 Å². The topological polar surface area (TPSA) is 67.0 Å². The van der Waals surface area contributed by atoms with Crippen molar-refractivity contribution in [3.05, 3.63) is 22.9 Å². The average molecular weight is 195 g/mol. The minimum Gasteiger partial charge on any atom is -0.487 e. The van der Waals surface area contributed by atoms with Gasteiger partial charge < -0.3 is 15.0 Å². The molecule has 76 valence electrons. The SMILES string of the molecule is O=c1ncc(OC2CCNCC2)c[nH]1. The molecule has 5 heteroatoms. The van der Waals surface area contributed by atoms with Gasteiger partial charge in [-0.2, -0.15) is 4.98 Å². The summed E-state index contributed by atoms with van der Waals surface area (Å²) in [4.78, 5) is 16.8. The molecule has 1 fully saturated rings. The fourth-order valence-electron chi connectivity index (χ4n) is 1.50. The number of aromatic nitrogens is 2. The van der Waals surface area contributed by atoms with E-state index < -0.39 is 0 Å². The fraction of sp³-hybridized carbons (Fsp3) is 0.556. The summed E-state index contributed by atoms with van der Waals surface area (Å²) >= 11 is 0. The second-order valence-electron chi connectivity index (χ2n) is 3.32. The van der Waals surface area contributed by atoms with Gasteiger partial charge in [0.25, 0.3) is 0 Å². The maximum absolute atomic E-state index is 10.7. The molecule has 1 aromatic rings. The summed E-state index contributed by atoms with van der Waals surface area (Å²) in [6.45, 7) is 1.98. The van der Waals surface area contributed by atoms with Crippen molar-refractivity contribution in [3.63, 3.8) is 0 Å². The highest BCUT2D eigenvalue weighted by atomic mass is 16.5. The third-order valence-electron chi connectivity index (χ3n) is 2.24. The van der Waals surface area contributed by atoms with Gasteiger partial charge in [-0.1, -0.05) is 0 Å². The number of piperidine rings is 1. The molecule has 0 amide bonds. The first-order chi connectivity index (χ1) is 6.84. The molecular formula is C9H13N3O2. The van der Waals surface area contributed by atoms with E-state index in [1.807, 2.05) is 0 Å². The molecule has 1 saturated heterocycles. The van der Waals surface area contributed by atoms with E-state index in [1.54, 1.807) is 6.20 Å². The van der Waals surface area contributed by atoms with Crippen LogP contribution < -0.4 is 15.7 Å². The number of hydrogen-bond donors (Lipinski definition) is 2. The Balaban J connectivity index is 1.96. The van der Waals surface area contributed by atoms with E-state index in [1.165, 1.54) is 6.20 Å². The highest BCUT2D eigenvalue weighted by Crippen LogP contribution is 2.12. The molecule has 1 aromatic heterocycles. The maximum Gasteiger partial charge on any atom is 0.345 e. The highest BCUT2D eigenvalue weighted by Gasteiger charge is 2.14. The summed E-state index contributed by atoms with van der Waals surface area (Å²) in [6, 6.07) is 0. The van der Waals surface area contributed by atoms with Gasteiger partial charge in [0.1, 0.15) is 6.10 Å². The normalized spacial score (nSPS) is 18.0. The zero-order valence-corrected chi connectivity index (χ0v) is 7.82. The second-order valence-corrected chi connectivity index (χ2v) is 3.32. The quantitative estimate of drug-likeness (QED) is 0.691. The third kappa shape index (κ3) is 2.32. The zero-order chi connectivity index (χ0) is 9.80. The van der Waals surface area contributed by atoms with Crippen molar-refractivity contribution < 1.29 is 4.74 Å². The van der Waals surface area contributed by atoms with E-state index >= 15 is 0 Å². The fourth-order valence-corrected chi connectivity index (χ4v) is 1.50. The van der Waals surface area contributed by atoms with Crippen LogP contribution in [-0.2, 0) is 0 Å². The molecule has 5 nitrogen and oxygen atoms in total. The second kappa shape index (κ2) is 4.23. The van der Waals surface area contributed by atoms with Crippen molar-refractivity contribution in [3.8, 4) is 5.75 Å². The van der Waals surface area contributed by atoms with E-state index in [0.717, 1.165) is 25.9 Å². The van der Waals surface area contributed by atoms with Crippen LogP contribution in [0, 0.1) is 0 Å². The van der Waals surface area contributed by atoms with Crippen LogP contribution in [0.3, 0.4) is 0 Å². The zero-order valence-electron chi connectivity index (χ0n) is 7.82. The first kappa shape index (κ1) is 9.21. The molecule has 1 aliphatic rings. The molecule has 2 N–H and O–H groups in total. The number of nitrogens with zero attached hydrogens (tertiary/aromatic N) is 1. The molecule has 14 heavy (non-hydrogen) atoms. The number of nitrogens with one attached hydrogen (secondary N) is 2. The van der Waals surface area contributed by atoms with Gasteiger partial charge in [-0.05, 0) is 25.9 Å². The standard InChI is InChI=1S/C9H13N3O2/c13-9-11-5-8(6-12-9)14-7-1-3-10-4-2-7/h5-7,10H,1-4H2,(H,11,12,13). The summed E-state index contributed by atoms with van der Waals surface area (Å²) in [5.74, 6) is 0.636. The lowest BCUT2D eigenvalue weighted by Crippen LogP contribution is -2.34. The molecule has 0 unspecified atom stereocenters. The van der Waals surface area contributed by atoms with Gasteiger partial charge in [-0.15, -0.1) is 0 Å². The average Bonchev–Trinajstić information content (AvgIpc) is 2.23. The molecule has 1 aliphatic heterocycles. The van der Waals surface area contributed by atoms with Gasteiger partial charge in [-0.25, -0.2) is 4.79 Å². The van der Waals surface area contributed by atoms with Crippen LogP contribution in [0.25, 0.3) is 0 Å². The van der Waals surface area contributed by atoms with Crippen molar-refractivity contribution in [1.29, 1.82) is 0 Å². The third-order valence-corrected chi connectivity index (χ3v) is 2.24. The molecule has 0 saturated carbocycles. The largest absolute Gasteiger partial charge is 0.487 e. The van der Waals surface area contributed by atoms with Gasteiger partial charge in [0.2, 0.25) is 0 Å². The summed E-state index contributed by atoms with van der Waals surface area (Å²) < 4.78 is 5.64. The van der Waals surface area contributed by atoms with E-state index in [-0.39, 0.29) is 11.8 Å². The van der Waals surface area contributed by atoms with Gasteiger partial charge >= 0.3 is 5.69 Å². The van der Waals surface area contributed by atoms with Gasteiger partial charge in [0.05, 0.1) is 6.20 Å². The van der Waals surface area contributed by atoms with Crippen LogP contribution in [0.4, 0.5) is 0 Å². The van der Waals surface area contributed by atoms with Crippen LogP contribution >= 0.6 is 0 Å². The Labute approximate surface area is 81.5 Å². The van der Waals surface area contributed by atoms with Crippen molar-refractivity contribution in [1.82, 2.24) is 15.3 Å². The number of aromatic amines is 1. The van der Waals surface area contributed by atoms with Gasteiger partial charge in [0.15, 0.2) is 5.75 Å². The van der Waals surface area contributed by atoms with Crippen molar-refractivity contribution in [2.24, 2.45) is 0 Å². The molecule has 2 heterocycles. The molecule has 0 aromatic carbocycles. The highest BCUT2D eigenvalue weighted by molar-refractivity contribution is 5.10. The number of H-pyrrole nitrogens is 1. The Kier molecular flexibility index (Phi) is 2.78. The van der Waals surface area contributed by atoms with Crippen LogP contribution in [0.1, 0.15) is 12.8 Å². The Morgan fingerprint density at radius 2 is 2.21 bits per heavy atom. The molecule has 0 atom stereocenters. The lowest BCUT2D eigenvalue weighted by Gasteiger charge is -2.23. The summed E-state index contributed by atoms with van der Waals surface area (Å²) in [5, 5.41) is 3.26. The minimum absolute atomic E-state index is 0.240. The van der Waals surface area contributed by atoms with Crippen molar-refractivity contribution >= 4 is 0 Å². The summed E-state index contributed by atoms with van der Waals surface area (Å²) in [7, 11) is 0. The summed E-state index contributed by atoms with van der Waals surface area (Å²) in [5.41, 5.74) is -0.345. The summed E-state index contributed by atoms with van der Waals surface area (Å²) in [6.07, 6.45) is 5.25. The van der Waals surface area contributed by atoms with E-state index in [9.17, 15) is 4.79 Å². The van der Waals surface area contributed by atoms with Gasteiger partial charge in [0, 0.05) is 6.20 Å². The van der Waals surface area contributed by atoms with Gasteiger partial charge in [-0.3, -0.25) is 0 Å².